The number of nitrogens with zero attached hydrogens (tertiary/aromatic N) is 2. The maximum absolute atomic E-state index is 12.3. The number of H-pyrrole nitrogens is 1. The van der Waals surface area contributed by atoms with Gasteiger partial charge in [0.2, 0.25) is 5.91 Å². The maximum atomic E-state index is 12.3. The number of piperazine rings is 1. The van der Waals surface area contributed by atoms with Crippen molar-refractivity contribution in [2.45, 2.75) is 18.9 Å². The molecule has 0 radical (unpaired) electrons. The summed E-state index contributed by atoms with van der Waals surface area (Å²) < 4.78 is 5.31. The van der Waals surface area contributed by atoms with Crippen molar-refractivity contribution >= 4 is 40.1 Å². The maximum Gasteiger partial charge on any atom is 0.325 e. The van der Waals surface area contributed by atoms with Crippen molar-refractivity contribution in [1.29, 1.82) is 0 Å². The van der Waals surface area contributed by atoms with Crippen molar-refractivity contribution in [3.63, 3.8) is 0 Å². The average molecular weight is 481 g/mol. The summed E-state index contributed by atoms with van der Waals surface area (Å²) in [6, 6.07) is 12.2. The number of nitrogens with one attached hydrogen (secondary N) is 2. The Morgan fingerprint density at radius 2 is 1.83 bits per heavy atom. The number of aromatic amines is 1. The molecule has 1 aliphatic heterocycles. The van der Waals surface area contributed by atoms with Crippen LogP contribution in [0.5, 0.6) is 5.75 Å². The van der Waals surface area contributed by atoms with Gasteiger partial charge < -0.3 is 30.2 Å². The number of carbonyl (C=O) groups excluding carboxylic acids is 1. The van der Waals surface area contributed by atoms with Crippen LogP contribution in [0.3, 0.4) is 0 Å². The Hall–Kier alpha value is -4.05. The fraction of sp³-hybridized carbons (Fsp3) is 0.320. The highest BCUT2D eigenvalue weighted by Gasteiger charge is 2.32. The molecule has 0 spiro atoms. The van der Waals surface area contributed by atoms with E-state index >= 15 is 0 Å². The number of ether oxygens (including phenoxy) is 1. The number of hydrogen-bond acceptors (Lipinski definition) is 6. The number of rotatable bonds is 9. The van der Waals surface area contributed by atoms with Gasteiger partial charge in [-0.1, -0.05) is 12.1 Å². The van der Waals surface area contributed by atoms with Gasteiger partial charge >= 0.3 is 11.9 Å². The molecule has 0 aliphatic carbocycles. The Balaban J connectivity index is 1.47. The Morgan fingerprint density at radius 3 is 2.51 bits per heavy atom. The molecule has 0 bridgehead atoms. The van der Waals surface area contributed by atoms with E-state index in [4.69, 9.17) is 9.84 Å². The van der Waals surface area contributed by atoms with Crippen LogP contribution in [-0.2, 0) is 14.4 Å². The molecule has 0 saturated carbocycles. The van der Waals surface area contributed by atoms with Crippen LogP contribution in [0.1, 0.15) is 24.4 Å². The highest BCUT2D eigenvalue weighted by atomic mass is 16.5. The summed E-state index contributed by atoms with van der Waals surface area (Å²) in [6.45, 7) is 2.54. The Labute approximate surface area is 202 Å². The number of hydrogen-bond donors (Lipinski definition) is 4. The fourth-order valence-corrected chi connectivity index (χ4v) is 4.43. The average Bonchev–Trinajstić information content (AvgIpc) is 3.26. The molecular weight excluding hydrogens is 452 g/mol. The predicted molar refractivity (Wildman–Crippen MR) is 131 cm³/mol. The largest absolute Gasteiger partial charge is 0.497 e. The summed E-state index contributed by atoms with van der Waals surface area (Å²) in [6.07, 6.45) is 1.34. The highest BCUT2D eigenvalue weighted by molar-refractivity contribution is 5.96. The number of carbonyl (C=O) groups is 3. The van der Waals surface area contributed by atoms with Gasteiger partial charge in [0, 0.05) is 72.7 Å². The first-order valence-corrected chi connectivity index (χ1v) is 11.3. The van der Waals surface area contributed by atoms with Crippen LogP contribution in [0.2, 0.25) is 0 Å². The van der Waals surface area contributed by atoms with Gasteiger partial charge in [0.15, 0.2) is 0 Å². The smallest absolute Gasteiger partial charge is 0.325 e. The van der Waals surface area contributed by atoms with E-state index in [9.17, 15) is 19.5 Å². The van der Waals surface area contributed by atoms with Gasteiger partial charge in [-0.25, -0.2) is 0 Å². The van der Waals surface area contributed by atoms with Crippen LogP contribution in [0.25, 0.3) is 10.9 Å². The quantitative estimate of drug-likeness (QED) is 0.367. The number of aromatic nitrogens is 1. The number of anilines is 2. The molecule has 2 aromatic carbocycles. The van der Waals surface area contributed by atoms with Gasteiger partial charge in [-0.3, -0.25) is 19.3 Å². The minimum atomic E-state index is -1.03. The lowest BCUT2D eigenvalue weighted by Crippen LogP contribution is -2.49. The summed E-state index contributed by atoms with van der Waals surface area (Å²) in [4.78, 5) is 42.2. The standard InChI is InChI=1S/C25H28N4O6/c1-35-18-4-2-3-17(14-18)28-9-11-29(12-10-28)24(25(33)34)20-15-26-21-13-16(5-6-19(20)21)27-22(30)7-8-23(31)32/h2-6,13-15,24,26H,7-12H2,1H3,(H,27,30)(H,31,32)(H,33,34)/t24-/m1/s1. The highest BCUT2D eigenvalue weighted by Crippen LogP contribution is 2.32. The van der Waals surface area contributed by atoms with E-state index in [1.807, 2.05) is 29.2 Å². The molecule has 1 aliphatic rings. The summed E-state index contributed by atoms with van der Waals surface area (Å²) >= 11 is 0. The lowest BCUT2D eigenvalue weighted by atomic mass is 10.0. The van der Waals surface area contributed by atoms with Crippen molar-refractivity contribution in [2.24, 2.45) is 0 Å². The summed E-state index contributed by atoms with van der Waals surface area (Å²) in [5, 5.41) is 22.3. The Morgan fingerprint density at radius 1 is 1.06 bits per heavy atom. The van der Waals surface area contributed by atoms with Crippen LogP contribution in [0, 0.1) is 0 Å². The molecular formula is C25H28N4O6. The van der Waals surface area contributed by atoms with Crippen molar-refractivity contribution in [1.82, 2.24) is 9.88 Å². The number of fused-ring (bicyclic) bond motifs is 1. The van der Waals surface area contributed by atoms with Crippen LogP contribution in [0.15, 0.2) is 48.7 Å². The third kappa shape index (κ3) is 5.55. The van der Waals surface area contributed by atoms with Gasteiger partial charge in [-0.15, -0.1) is 0 Å². The van der Waals surface area contributed by atoms with Gasteiger partial charge in [0.05, 0.1) is 13.5 Å². The zero-order valence-electron chi connectivity index (χ0n) is 19.4. The van der Waals surface area contributed by atoms with Gasteiger partial charge in [-0.05, 0) is 24.3 Å². The molecule has 1 atom stereocenters. The molecule has 10 heteroatoms. The van der Waals surface area contributed by atoms with Crippen LogP contribution in [0.4, 0.5) is 11.4 Å². The van der Waals surface area contributed by atoms with Crippen LogP contribution in [-0.4, -0.2) is 71.2 Å². The normalized spacial score (nSPS) is 15.1. The van der Waals surface area contributed by atoms with E-state index in [0.29, 0.717) is 42.9 Å². The van der Waals surface area contributed by atoms with E-state index < -0.39 is 23.9 Å². The van der Waals surface area contributed by atoms with Crippen LogP contribution >= 0.6 is 0 Å². The number of amides is 1. The minimum absolute atomic E-state index is 0.119. The second kappa shape index (κ2) is 10.5. The zero-order chi connectivity index (χ0) is 24.9. The number of benzene rings is 2. The van der Waals surface area contributed by atoms with E-state index in [1.165, 1.54) is 0 Å². The molecule has 4 N–H and O–H groups in total. The predicted octanol–water partition coefficient (Wildman–Crippen LogP) is 2.93. The first-order valence-electron chi connectivity index (χ1n) is 11.3. The number of methoxy groups -OCH3 is 1. The van der Waals surface area contributed by atoms with E-state index in [0.717, 1.165) is 16.8 Å². The molecule has 35 heavy (non-hydrogen) atoms. The van der Waals surface area contributed by atoms with Gasteiger partial charge in [0.25, 0.3) is 0 Å². The molecule has 1 aromatic heterocycles. The van der Waals surface area contributed by atoms with E-state index in [2.05, 4.69) is 15.2 Å². The van der Waals surface area contributed by atoms with E-state index in [-0.39, 0.29) is 12.8 Å². The molecule has 184 valence electrons. The Bertz CT molecular complexity index is 1230. The molecule has 1 amide bonds. The molecule has 4 rings (SSSR count). The molecule has 1 fully saturated rings. The lowest BCUT2D eigenvalue weighted by molar-refractivity contribution is -0.143. The molecule has 0 unspecified atom stereocenters. The molecule has 10 nitrogen and oxygen atoms in total. The zero-order valence-corrected chi connectivity index (χ0v) is 19.4. The van der Waals surface area contributed by atoms with Crippen LogP contribution < -0.4 is 15.0 Å². The molecule has 3 aromatic rings. The topological polar surface area (TPSA) is 135 Å². The lowest BCUT2D eigenvalue weighted by Gasteiger charge is -2.38. The summed E-state index contributed by atoms with van der Waals surface area (Å²) in [7, 11) is 1.63. The second-order valence-electron chi connectivity index (χ2n) is 8.41. The number of carboxylic acid groups (broad SMARTS) is 2. The first-order chi connectivity index (χ1) is 16.9. The fourth-order valence-electron chi connectivity index (χ4n) is 4.43. The second-order valence-corrected chi connectivity index (χ2v) is 8.41. The third-order valence-electron chi connectivity index (χ3n) is 6.19. The molecule has 1 saturated heterocycles. The summed E-state index contributed by atoms with van der Waals surface area (Å²) in [5.74, 6) is -1.57. The first kappa shape index (κ1) is 24.1. The van der Waals surface area contributed by atoms with E-state index in [1.54, 1.807) is 31.5 Å². The SMILES string of the molecule is COc1cccc(N2CCN([C@@H](C(=O)O)c3c[nH]c4cc(NC(=O)CCC(=O)O)ccc34)CC2)c1. The Kier molecular flexibility index (Phi) is 7.21. The van der Waals surface area contributed by atoms with Crippen molar-refractivity contribution in [2.75, 3.05) is 43.5 Å². The van der Waals surface area contributed by atoms with Gasteiger partial charge in [-0.2, -0.15) is 0 Å². The monoisotopic (exact) mass is 480 g/mol. The minimum Gasteiger partial charge on any atom is -0.497 e. The van der Waals surface area contributed by atoms with Gasteiger partial charge in [0.1, 0.15) is 11.8 Å². The number of aliphatic carboxylic acids is 2. The van der Waals surface area contributed by atoms with Crippen molar-refractivity contribution in [3.05, 3.63) is 54.2 Å². The third-order valence-corrected chi connectivity index (χ3v) is 6.19. The van der Waals surface area contributed by atoms with Crippen molar-refractivity contribution in [3.8, 4) is 5.75 Å². The number of carboxylic acids is 2. The summed E-state index contributed by atoms with van der Waals surface area (Å²) in [5.41, 5.74) is 2.91. The molecule has 2 heterocycles. The van der Waals surface area contributed by atoms with Crippen molar-refractivity contribution < 1.29 is 29.3 Å².